The van der Waals surface area contributed by atoms with E-state index in [0.717, 1.165) is 10.8 Å². The van der Waals surface area contributed by atoms with Gasteiger partial charge in [-0.25, -0.2) is 4.79 Å². The average Bonchev–Trinajstić information content (AvgIpc) is 3.10. The highest BCUT2D eigenvalue weighted by atomic mass is 19.4. The molecule has 0 radical (unpaired) electrons. The average molecular weight is 342 g/mol. The maximum atomic E-state index is 12.3. The zero-order valence-electron chi connectivity index (χ0n) is 12.0. The van der Waals surface area contributed by atoms with E-state index in [1.165, 1.54) is 19.3 Å². The fourth-order valence-corrected chi connectivity index (χ4v) is 1.91. The van der Waals surface area contributed by atoms with Gasteiger partial charge in [-0.2, -0.15) is 23.3 Å². The smallest absolute Gasteiger partial charge is 0.332 e. The van der Waals surface area contributed by atoms with Gasteiger partial charge in [-0.05, 0) is 6.07 Å². The Balaban J connectivity index is 1.93. The summed E-state index contributed by atoms with van der Waals surface area (Å²) in [6.45, 7) is -1.26. The molecule has 0 atom stereocenters. The number of halogens is 3. The molecule has 24 heavy (non-hydrogen) atoms. The molecule has 0 unspecified atom stereocenters. The Morgan fingerprint density at radius 3 is 2.79 bits per heavy atom. The van der Waals surface area contributed by atoms with Gasteiger partial charge in [0, 0.05) is 19.4 Å². The number of hydrogen-bond donors (Lipinski definition) is 1. The second kappa shape index (κ2) is 5.47. The zero-order valence-corrected chi connectivity index (χ0v) is 12.0. The molecule has 0 saturated carbocycles. The third-order valence-electron chi connectivity index (χ3n) is 2.98. The lowest BCUT2D eigenvalue weighted by molar-refractivity contribution is -0.142. The predicted molar refractivity (Wildman–Crippen MR) is 72.9 cm³/mol. The third kappa shape index (κ3) is 3.11. The highest BCUT2D eigenvalue weighted by Gasteiger charge is 2.28. The first-order valence-electron chi connectivity index (χ1n) is 6.47. The SMILES string of the molecule is Cn1cc(-c2noc(-c3ccn(CC(F)(F)F)n3)n2)c(=O)[nH]c1=O. The Morgan fingerprint density at radius 1 is 1.33 bits per heavy atom. The molecule has 0 bridgehead atoms. The second-order valence-electron chi connectivity index (χ2n) is 4.85. The first kappa shape index (κ1) is 15.7. The lowest BCUT2D eigenvalue weighted by Crippen LogP contribution is -2.28. The largest absolute Gasteiger partial charge is 0.408 e. The maximum absolute atomic E-state index is 12.3. The number of H-pyrrole nitrogens is 1. The van der Waals surface area contributed by atoms with Gasteiger partial charge >= 0.3 is 11.9 Å². The van der Waals surface area contributed by atoms with Crippen molar-refractivity contribution in [2.75, 3.05) is 0 Å². The van der Waals surface area contributed by atoms with Crippen LogP contribution < -0.4 is 11.2 Å². The predicted octanol–water partition coefficient (Wildman–Crippen LogP) is 0.549. The van der Waals surface area contributed by atoms with Gasteiger partial charge in [0.15, 0.2) is 5.69 Å². The summed E-state index contributed by atoms with van der Waals surface area (Å²) in [5.41, 5.74) is -1.33. The van der Waals surface area contributed by atoms with Gasteiger partial charge in [0.2, 0.25) is 5.82 Å². The van der Waals surface area contributed by atoms with E-state index in [1.54, 1.807) is 0 Å². The first-order chi connectivity index (χ1) is 11.2. The fourth-order valence-electron chi connectivity index (χ4n) is 1.91. The van der Waals surface area contributed by atoms with Crippen LogP contribution >= 0.6 is 0 Å². The van der Waals surface area contributed by atoms with Crippen LogP contribution in [0.1, 0.15) is 0 Å². The minimum atomic E-state index is -4.41. The van der Waals surface area contributed by atoms with Crippen molar-refractivity contribution in [2.45, 2.75) is 12.7 Å². The molecule has 0 aromatic carbocycles. The standard InChI is InChI=1S/C12H9F3N6O3/c1-20-4-6(9(22)17-11(20)23)8-16-10(24-19-8)7-2-3-21(18-7)5-12(13,14)15/h2-4H,5H2,1H3,(H,17,22,23). The van der Waals surface area contributed by atoms with Gasteiger partial charge in [-0.15, -0.1) is 0 Å². The molecule has 0 aliphatic heterocycles. The molecule has 0 aliphatic carbocycles. The van der Waals surface area contributed by atoms with Crippen molar-refractivity contribution in [3.8, 4) is 23.0 Å². The molecule has 0 fully saturated rings. The number of hydrogen-bond acceptors (Lipinski definition) is 6. The molecule has 3 aromatic rings. The number of aryl methyl sites for hydroxylation is 1. The quantitative estimate of drug-likeness (QED) is 0.744. The third-order valence-corrected chi connectivity index (χ3v) is 2.98. The van der Waals surface area contributed by atoms with Gasteiger partial charge in [0.1, 0.15) is 12.1 Å². The molecule has 9 nitrogen and oxygen atoms in total. The van der Waals surface area contributed by atoms with Crippen LogP contribution in [-0.2, 0) is 13.6 Å². The van der Waals surface area contributed by atoms with E-state index in [1.807, 2.05) is 0 Å². The Kier molecular flexibility index (Phi) is 3.58. The molecule has 126 valence electrons. The molecular weight excluding hydrogens is 333 g/mol. The normalized spacial score (nSPS) is 11.8. The van der Waals surface area contributed by atoms with E-state index < -0.39 is 24.0 Å². The van der Waals surface area contributed by atoms with E-state index in [2.05, 4.69) is 20.2 Å². The van der Waals surface area contributed by atoms with E-state index >= 15 is 0 Å². The van der Waals surface area contributed by atoms with Crippen molar-refractivity contribution < 1.29 is 17.7 Å². The van der Waals surface area contributed by atoms with Crippen molar-refractivity contribution >= 4 is 0 Å². The van der Waals surface area contributed by atoms with Gasteiger partial charge < -0.3 is 9.09 Å². The second-order valence-corrected chi connectivity index (χ2v) is 4.85. The molecule has 0 aliphatic rings. The van der Waals surface area contributed by atoms with Gasteiger partial charge in [-0.1, -0.05) is 5.16 Å². The number of rotatable bonds is 3. The van der Waals surface area contributed by atoms with Crippen LogP contribution in [0.2, 0.25) is 0 Å². The molecule has 3 rings (SSSR count). The van der Waals surface area contributed by atoms with Crippen LogP contribution in [0.3, 0.4) is 0 Å². The Hall–Kier alpha value is -3.18. The summed E-state index contributed by atoms with van der Waals surface area (Å²) in [6, 6.07) is 1.27. The fraction of sp³-hybridized carbons (Fsp3) is 0.250. The summed E-state index contributed by atoms with van der Waals surface area (Å²) >= 11 is 0. The molecule has 1 N–H and O–H groups in total. The summed E-state index contributed by atoms with van der Waals surface area (Å²) in [7, 11) is 1.42. The summed E-state index contributed by atoms with van der Waals surface area (Å²) in [6.07, 6.45) is -2.07. The number of aromatic nitrogens is 6. The Morgan fingerprint density at radius 2 is 2.08 bits per heavy atom. The van der Waals surface area contributed by atoms with Crippen molar-refractivity contribution in [1.29, 1.82) is 0 Å². The van der Waals surface area contributed by atoms with E-state index in [0.29, 0.717) is 4.68 Å². The lowest BCUT2D eigenvalue weighted by atomic mass is 10.3. The monoisotopic (exact) mass is 342 g/mol. The summed E-state index contributed by atoms with van der Waals surface area (Å²) in [5, 5.41) is 7.27. The first-order valence-corrected chi connectivity index (χ1v) is 6.47. The van der Waals surface area contributed by atoms with Crippen LogP contribution in [0, 0.1) is 0 Å². The van der Waals surface area contributed by atoms with Crippen molar-refractivity contribution in [2.24, 2.45) is 7.05 Å². The molecule has 3 aromatic heterocycles. The minimum absolute atomic E-state index is 0.0261. The summed E-state index contributed by atoms with van der Waals surface area (Å²) in [4.78, 5) is 29.1. The summed E-state index contributed by atoms with van der Waals surface area (Å²) in [5.74, 6) is -0.272. The van der Waals surface area contributed by atoms with Crippen LogP contribution in [0.4, 0.5) is 13.2 Å². The van der Waals surface area contributed by atoms with Gasteiger partial charge in [0.25, 0.3) is 11.4 Å². The number of alkyl halides is 3. The van der Waals surface area contributed by atoms with E-state index in [-0.39, 0.29) is 23.0 Å². The van der Waals surface area contributed by atoms with E-state index in [4.69, 9.17) is 4.52 Å². The van der Waals surface area contributed by atoms with Crippen LogP contribution in [0.5, 0.6) is 0 Å². The summed E-state index contributed by atoms with van der Waals surface area (Å²) < 4.78 is 43.7. The van der Waals surface area contributed by atoms with Gasteiger partial charge in [0.05, 0.1) is 0 Å². The maximum Gasteiger partial charge on any atom is 0.408 e. The Bertz CT molecular complexity index is 996. The van der Waals surface area contributed by atoms with Crippen LogP contribution in [0.15, 0.2) is 32.6 Å². The van der Waals surface area contributed by atoms with E-state index in [9.17, 15) is 22.8 Å². The van der Waals surface area contributed by atoms with Crippen molar-refractivity contribution in [3.63, 3.8) is 0 Å². The number of nitrogens with zero attached hydrogens (tertiary/aromatic N) is 5. The number of aromatic amines is 1. The Labute approximate surface area is 130 Å². The topological polar surface area (TPSA) is 112 Å². The lowest BCUT2D eigenvalue weighted by Gasteiger charge is -2.04. The number of nitrogens with one attached hydrogen (secondary N) is 1. The molecule has 0 spiro atoms. The highest BCUT2D eigenvalue weighted by molar-refractivity contribution is 5.55. The minimum Gasteiger partial charge on any atom is -0.332 e. The van der Waals surface area contributed by atoms with Crippen molar-refractivity contribution in [3.05, 3.63) is 39.3 Å². The molecule has 12 heteroatoms. The van der Waals surface area contributed by atoms with Gasteiger partial charge in [-0.3, -0.25) is 14.5 Å². The molecule has 3 heterocycles. The molecule has 0 amide bonds. The highest BCUT2D eigenvalue weighted by Crippen LogP contribution is 2.21. The van der Waals surface area contributed by atoms with Crippen molar-refractivity contribution in [1.82, 2.24) is 29.5 Å². The zero-order chi connectivity index (χ0) is 17.5. The molecule has 0 saturated heterocycles. The molecular formula is C12H9F3N6O3. The van der Waals surface area contributed by atoms with Crippen LogP contribution in [0.25, 0.3) is 23.0 Å². The van der Waals surface area contributed by atoms with Crippen LogP contribution in [-0.4, -0.2) is 35.6 Å².